The van der Waals surface area contributed by atoms with Gasteiger partial charge in [-0.25, -0.2) is 0 Å². The first-order valence-corrected chi connectivity index (χ1v) is 8.84. The van der Waals surface area contributed by atoms with Gasteiger partial charge in [-0.2, -0.15) is 0 Å². The molecular weight excluding hydrogens is 240 g/mol. The molecule has 0 aliphatic heterocycles. The van der Waals surface area contributed by atoms with Crippen LogP contribution in [0.3, 0.4) is 0 Å². The van der Waals surface area contributed by atoms with Crippen molar-refractivity contribution >= 4 is 0 Å². The van der Waals surface area contributed by atoms with E-state index in [0.29, 0.717) is 0 Å². The van der Waals surface area contributed by atoms with E-state index >= 15 is 0 Å². The standard InChI is InChI=1S/C20H33/c1-4-7-9-11-14-19-16-13-15-18(6-3)20(19)17-12-10-8-5-2/h13,16H,4-12,14,17H2,1-3H3. The average Bonchev–Trinajstić information content (AvgIpc) is 2.48. The molecule has 0 aliphatic carbocycles. The molecule has 113 valence electrons. The monoisotopic (exact) mass is 273 g/mol. The van der Waals surface area contributed by atoms with E-state index in [9.17, 15) is 0 Å². The van der Waals surface area contributed by atoms with Crippen LogP contribution in [0.1, 0.15) is 88.8 Å². The van der Waals surface area contributed by atoms with Crippen LogP contribution in [0, 0.1) is 6.07 Å². The highest BCUT2D eigenvalue weighted by atomic mass is 14.1. The van der Waals surface area contributed by atoms with Crippen LogP contribution >= 0.6 is 0 Å². The van der Waals surface area contributed by atoms with Gasteiger partial charge in [-0.3, -0.25) is 0 Å². The number of aryl methyl sites for hydroxylation is 2. The zero-order chi connectivity index (χ0) is 14.6. The topological polar surface area (TPSA) is 0 Å². The third kappa shape index (κ3) is 6.11. The summed E-state index contributed by atoms with van der Waals surface area (Å²) in [7, 11) is 0. The van der Waals surface area contributed by atoms with Crippen LogP contribution in [0.4, 0.5) is 0 Å². The zero-order valence-corrected chi connectivity index (χ0v) is 13.9. The quantitative estimate of drug-likeness (QED) is 0.415. The molecule has 1 aromatic rings. The Labute approximate surface area is 127 Å². The van der Waals surface area contributed by atoms with Crippen LogP contribution in [0.25, 0.3) is 0 Å². The van der Waals surface area contributed by atoms with Crippen molar-refractivity contribution in [1.29, 1.82) is 0 Å². The van der Waals surface area contributed by atoms with Gasteiger partial charge < -0.3 is 0 Å². The fourth-order valence-corrected chi connectivity index (χ4v) is 2.96. The molecule has 0 aromatic heterocycles. The first kappa shape index (κ1) is 17.3. The molecule has 1 aromatic carbocycles. The molecule has 20 heavy (non-hydrogen) atoms. The summed E-state index contributed by atoms with van der Waals surface area (Å²) in [5.41, 5.74) is 4.70. The zero-order valence-electron chi connectivity index (χ0n) is 13.9. The largest absolute Gasteiger partial charge is 0.0654 e. The Bertz CT molecular complexity index is 351. The van der Waals surface area contributed by atoms with Crippen LogP contribution in [0.15, 0.2) is 12.1 Å². The first-order chi connectivity index (χ1) is 9.83. The van der Waals surface area contributed by atoms with Gasteiger partial charge >= 0.3 is 0 Å². The number of rotatable bonds is 11. The van der Waals surface area contributed by atoms with Gasteiger partial charge in [-0.1, -0.05) is 71.4 Å². The minimum absolute atomic E-state index is 1.13. The predicted molar refractivity (Wildman–Crippen MR) is 90.3 cm³/mol. The Kier molecular flexibility index (Phi) is 9.45. The van der Waals surface area contributed by atoms with Crippen molar-refractivity contribution in [2.24, 2.45) is 0 Å². The van der Waals surface area contributed by atoms with Crippen molar-refractivity contribution in [1.82, 2.24) is 0 Å². The molecule has 0 unspecified atom stereocenters. The lowest BCUT2D eigenvalue weighted by Gasteiger charge is -2.14. The van der Waals surface area contributed by atoms with Crippen molar-refractivity contribution in [3.63, 3.8) is 0 Å². The lowest BCUT2D eigenvalue weighted by molar-refractivity contribution is 0.648. The van der Waals surface area contributed by atoms with Gasteiger partial charge in [-0.05, 0) is 54.9 Å². The van der Waals surface area contributed by atoms with Gasteiger partial charge in [0.1, 0.15) is 0 Å². The van der Waals surface area contributed by atoms with Gasteiger partial charge in [0.25, 0.3) is 0 Å². The van der Waals surface area contributed by atoms with E-state index in [1.165, 1.54) is 69.8 Å². The third-order valence-corrected chi connectivity index (χ3v) is 4.23. The van der Waals surface area contributed by atoms with E-state index in [4.69, 9.17) is 0 Å². The molecule has 0 saturated heterocycles. The molecule has 0 aliphatic rings. The maximum Gasteiger partial charge on any atom is -0.0146 e. The minimum atomic E-state index is 1.13. The number of hydrogen-bond acceptors (Lipinski definition) is 0. The molecule has 1 radical (unpaired) electrons. The van der Waals surface area contributed by atoms with Gasteiger partial charge in [0, 0.05) is 0 Å². The lowest BCUT2D eigenvalue weighted by atomic mass is 9.91. The second-order valence-corrected chi connectivity index (χ2v) is 5.93. The van der Waals surface area contributed by atoms with E-state index in [1.54, 1.807) is 11.1 Å². The normalized spacial score (nSPS) is 10.9. The number of unbranched alkanes of at least 4 members (excludes halogenated alkanes) is 6. The predicted octanol–water partition coefficient (Wildman–Crippen LogP) is 6.29. The molecule has 0 saturated carbocycles. The molecule has 1 rings (SSSR count). The van der Waals surface area contributed by atoms with E-state index in [-0.39, 0.29) is 0 Å². The maximum absolute atomic E-state index is 3.47. The number of benzene rings is 1. The summed E-state index contributed by atoms with van der Waals surface area (Å²) >= 11 is 0. The van der Waals surface area contributed by atoms with Crippen molar-refractivity contribution in [2.75, 3.05) is 0 Å². The Balaban J connectivity index is 2.61. The van der Waals surface area contributed by atoms with E-state index in [0.717, 1.165) is 6.42 Å². The highest BCUT2D eigenvalue weighted by Gasteiger charge is 2.07. The summed E-state index contributed by atoms with van der Waals surface area (Å²) in [4.78, 5) is 0. The fourth-order valence-electron chi connectivity index (χ4n) is 2.96. The maximum atomic E-state index is 3.47. The molecule has 0 nitrogen and oxygen atoms in total. The van der Waals surface area contributed by atoms with Crippen LogP contribution in [-0.2, 0) is 19.3 Å². The number of hydrogen-bond donors (Lipinski definition) is 0. The second kappa shape index (κ2) is 10.9. The van der Waals surface area contributed by atoms with E-state index in [2.05, 4.69) is 39.0 Å². The third-order valence-electron chi connectivity index (χ3n) is 4.23. The summed E-state index contributed by atoms with van der Waals surface area (Å²) < 4.78 is 0. The second-order valence-electron chi connectivity index (χ2n) is 5.93. The first-order valence-electron chi connectivity index (χ1n) is 8.84. The molecule has 0 heteroatoms. The molecule has 0 spiro atoms. The summed E-state index contributed by atoms with van der Waals surface area (Å²) in [5.74, 6) is 0. The summed E-state index contributed by atoms with van der Waals surface area (Å²) in [5, 5.41) is 0. The minimum Gasteiger partial charge on any atom is -0.0654 e. The van der Waals surface area contributed by atoms with Crippen molar-refractivity contribution in [2.45, 2.75) is 91.4 Å². The van der Waals surface area contributed by atoms with E-state index in [1.807, 2.05) is 0 Å². The molecular formula is C20H33. The van der Waals surface area contributed by atoms with Crippen LogP contribution in [-0.4, -0.2) is 0 Å². The van der Waals surface area contributed by atoms with Crippen molar-refractivity contribution < 1.29 is 0 Å². The lowest BCUT2D eigenvalue weighted by Crippen LogP contribution is -2.01. The Hall–Kier alpha value is -0.780. The van der Waals surface area contributed by atoms with Gasteiger partial charge in [0.05, 0.1) is 0 Å². The van der Waals surface area contributed by atoms with Crippen LogP contribution in [0.5, 0.6) is 0 Å². The Morgan fingerprint density at radius 1 is 0.800 bits per heavy atom. The van der Waals surface area contributed by atoms with Crippen LogP contribution < -0.4 is 0 Å². The SMILES string of the molecule is CCCCCCc1cc[c]c(CC)c1CCCCCC. The fraction of sp³-hybridized carbons (Fsp3) is 0.700. The highest BCUT2D eigenvalue weighted by molar-refractivity contribution is 5.35. The molecule has 0 fully saturated rings. The van der Waals surface area contributed by atoms with Gasteiger partial charge in [0.15, 0.2) is 0 Å². The summed E-state index contributed by atoms with van der Waals surface area (Å²) in [6, 6.07) is 7.93. The van der Waals surface area contributed by atoms with Crippen LogP contribution in [0.2, 0.25) is 0 Å². The highest BCUT2D eigenvalue weighted by Crippen LogP contribution is 2.21. The summed E-state index contributed by atoms with van der Waals surface area (Å²) in [6.07, 6.45) is 14.5. The molecule has 0 amide bonds. The molecule has 0 bridgehead atoms. The van der Waals surface area contributed by atoms with Crippen molar-refractivity contribution in [3.8, 4) is 0 Å². The van der Waals surface area contributed by atoms with Crippen molar-refractivity contribution in [3.05, 3.63) is 34.9 Å². The Morgan fingerprint density at radius 2 is 1.45 bits per heavy atom. The molecule has 0 heterocycles. The molecule has 0 atom stereocenters. The van der Waals surface area contributed by atoms with Gasteiger partial charge in [0.2, 0.25) is 0 Å². The van der Waals surface area contributed by atoms with E-state index < -0.39 is 0 Å². The smallest absolute Gasteiger partial charge is 0.0146 e. The average molecular weight is 273 g/mol. The summed E-state index contributed by atoms with van der Waals surface area (Å²) in [6.45, 7) is 6.83. The van der Waals surface area contributed by atoms with Gasteiger partial charge in [-0.15, -0.1) is 0 Å². The Morgan fingerprint density at radius 3 is 2.05 bits per heavy atom. The molecule has 0 N–H and O–H groups in total.